The maximum absolute atomic E-state index is 13.4. The van der Waals surface area contributed by atoms with Gasteiger partial charge in [-0.2, -0.15) is 0 Å². The summed E-state index contributed by atoms with van der Waals surface area (Å²) in [4.78, 5) is 50.8. The van der Waals surface area contributed by atoms with E-state index in [1.54, 1.807) is 18.2 Å². The van der Waals surface area contributed by atoms with Gasteiger partial charge in [0.1, 0.15) is 11.1 Å². The fourth-order valence-corrected chi connectivity index (χ4v) is 4.55. The van der Waals surface area contributed by atoms with Crippen LogP contribution in [-0.2, 0) is 28.1 Å². The lowest BCUT2D eigenvalue weighted by molar-refractivity contribution is -0.132. The summed E-state index contributed by atoms with van der Waals surface area (Å²) >= 11 is 0. The summed E-state index contributed by atoms with van der Waals surface area (Å²) in [5, 5.41) is 6.11. The highest BCUT2D eigenvalue weighted by Crippen LogP contribution is 2.41. The van der Waals surface area contributed by atoms with Gasteiger partial charge in [0.2, 0.25) is 5.91 Å². The average molecular weight is 417 g/mol. The molecule has 31 heavy (non-hydrogen) atoms. The molecule has 1 unspecified atom stereocenters. The van der Waals surface area contributed by atoms with Crippen LogP contribution in [0.15, 0.2) is 57.7 Å². The van der Waals surface area contributed by atoms with E-state index in [0.29, 0.717) is 29.5 Å². The van der Waals surface area contributed by atoms with Crippen molar-refractivity contribution in [2.45, 2.75) is 31.8 Å². The molecule has 1 atom stereocenters. The van der Waals surface area contributed by atoms with Gasteiger partial charge in [-0.25, -0.2) is 9.59 Å². The Hall–Kier alpha value is -3.94. The Morgan fingerprint density at radius 1 is 1.16 bits per heavy atom. The molecule has 1 aliphatic heterocycles. The van der Waals surface area contributed by atoms with Crippen molar-refractivity contribution in [1.82, 2.24) is 10.2 Å². The summed E-state index contributed by atoms with van der Waals surface area (Å²) in [6.07, 6.45) is 1.21. The number of urea groups is 1. The number of benzene rings is 2. The average Bonchev–Trinajstić information content (AvgIpc) is 3.20. The Morgan fingerprint density at radius 2 is 1.97 bits per heavy atom. The first kappa shape index (κ1) is 19.0. The maximum Gasteiger partial charge on any atom is 0.336 e. The molecule has 1 aromatic heterocycles. The van der Waals surface area contributed by atoms with Gasteiger partial charge in [-0.05, 0) is 41.7 Å². The van der Waals surface area contributed by atoms with Gasteiger partial charge in [0.25, 0.3) is 5.91 Å². The highest BCUT2D eigenvalue weighted by atomic mass is 16.4. The van der Waals surface area contributed by atoms with Gasteiger partial charge in [0.15, 0.2) is 0 Å². The number of anilines is 1. The van der Waals surface area contributed by atoms with E-state index in [1.165, 1.54) is 13.0 Å². The van der Waals surface area contributed by atoms with Crippen LogP contribution in [0.4, 0.5) is 10.5 Å². The summed E-state index contributed by atoms with van der Waals surface area (Å²) in [5.74, 6) is -0.571. The van der Waals surface area contributed by atoms with Crippen LogP contribution in [-0.4, -0.2) is 22.7 Å². The van der Waals surface area contributed by atoms with E-state index in [2.05, 4.69) is 10.6 Å². The van der Waals surface area contributed by atoms with E-state index in [-0.39, 0.29) is 23.9 Å². The van der Waals surface area contributed by atoms with Gasteiger partial charge in [-0.1, -0.05) is 24.3 Å². The molecule has 0 radical (unpaired) electrons. The second-order valence-electron chi connectivity index (χ2n) is 7.87. The molecule has 1 aliphatic carbocycles. The lowest BCUT2D eigenvalue weighted by Crippen LogP contribution is -2.41. The molecule has 0 saturated carbocycles. The number of nitrogens with zero attached hydrogens (tertiary/aromatic N) is 1. The summed E-state index contributed by atoms with van der Waals surface area (Å²) in [7, 11) is 0. The molecule has 8 heteroatoms. The van der Waals surface area contributed by atoms with Crippen molar-refractivity contribution in [3.05, 3.63) is 75.6 Å². The zero-order valence-corrected chi connectivity index (χ0v) is 16.7. The highest BCUT2D eigenvalue weighted by Gasteiger charge is 2.55. The molecule has 2 aliphatic rings. The molecule has 4 amide bonds. The van der Waals surface area contributed by atoms with Gasteiger partial charge in [-0.3, -0.25) is 14.5 Å². The summed E-state index contributed by atoms with van der Waals surface area (Å²) in [6.45, 7) is 1.32. The van der Waals surface area contributed by atoms with Crippen molar-refractivity contribution in [2.24, 2.45) is 0 Å². The monoisotopic (exact) mass is 417 g/mol. The first-order valence-electron chi connectivity index (χ1n) is 9.94. The standard InChI is InChI=1S/C23H19N3O5/c1-13(27)24-16-6-7-17-15(10-20(28)31-19(17)11-16)12-26-21(29)23(25-22(26)30)9-8-14-4-2-3-5-18(14)23/h2-7,10-11H,8-9,12H2,1H3,(H,24,27)(H,25,30). The van der Waals surface area contributed by atoms with Crippen molar-refractivity contribution >= 4 is 34.5 Å². The van der Waals surface area contributed by atoms with Crippen LogP contribution in [0.3, 0.4) is 0 Å². The van der Waals surface area contributed by atoms with E-state index in [1.807, 2.05) is 24.3 Å². The number of rotatable bonds is 3. The third-order valence-corrected chi connectivity index (χ3v) is 5.90. The number of amides is 4. The van der Waals surface area contributed by atoms with E-state index < -0.39 is 17.2 Å². The Balaban J connectivity index is 1.52. The fraction of sp³-hybridized carbons (Fsp3) is 0.217. The molecule has 2 aromatic carbocycles. The number of carbonyl (C=O) groups is 3. The Labute approximate surface area is 176 Å². The third-order valence-electron chi connectivity index (χ3n) is 5.90. The van der Waals surface area contributed by atoms with Crippen LogP contribution in [0.25, 0.3) is 11.0 Å². The van der Waals surface area contributed by atoms with Crippen LogP contribution in [0.1, 0.15) is 30.0 Å². The molecule has 1 saturated heterocycles. The second kappa shape index (κ2) is 6.80. The highest BCUT2D eigenvalue weighted by molar-refractivity contribution is 6.08. The van der Waals surface area contributed by atoms with E-state index in [9.17, 15) is 19.2 Å². The van der Waals surface area contributed by atoms with Crippen LogP contribution in [0.2, 0.25) is 0 Å². The van der Waals surface area contributed by atoms with Crippen LogP contribution in [0.5, 0.6) is 0 Å². The number of imide groups is 1. The van der Waals surface area contributed by atoms with Crippen molar-refractivity contribution in [3.8, 4) is 0 Å². The molecule has 5 rings (SSSR count). The SMILES string of the molecule is CC(=O)Nc1ccc2c(CN3C(=O)NC4(CCc5ccccc54)C3=O)cc(=O)oc2c1. The zero-order valence-electron chi connectivity index (χ0n) is 16.7. The number of fused-ring (bicyclic) bond motifs is 3. The molecule has 3 aromatic rings. The third kappa shape index (κ3) is 2.99. The number of nitrogens with one attached hydrogen (secondary N) is 2. The van der Waals surface area contributed by atoms with E-state index in [4.69, 9.17) is 4.42 Å². The van der Waals surface area contributed by atoms with Gasteiger partial charge < -0.3 is 15.1 Å². The summed E-state index contributed by atoms with van der Waals surface area (Å²) in [5.41, 5.74) is 1.46. The van der Waals surface area contributed by atoms with Crippen molar-refractivity contribution in [2.75, 3.05) is 5.32 Å². The predicted octanol–water partition coefficient (Wildman–Crippen LogP) is 2.64. The fourth-order valence-electron chi connectivity index (χ4n) is 4.55. The summed E-state index contributed by atoms with van der Waals surface area (Å²) in [6, 6.07) is 13.3. The minimum Gasteiger partial charge on any atom is -0.423 e. The Morgan fingerprint density at radius 3 is 2.77 bits per heavy atom. The molecule has 2 N–H and O–H groups in total. The lowest BCUT2D eigenvalue weighted by atomic mass is 9.92. The Bertz CT molecular complexity index is 1330. The lowest BCUT2D eigenvalue weighted by Gasteiger charge is -2.22. The van der Waals surface area contributed by atoms with Crippen molar-refractivity contribution in [3.63, 3.8) is 0 Å². The number of carbonyl (C=O) groups excluding carboxylic acids is 3. The van der Waals surface area contributed by atoms with E-state index >= 15 is 0 Å². The van der Waals surface area contributed by atoms with Gasteiger partial charge in [0.05, 0.1) is 6.54 Å². The normalized spacial score (nSPS) is 19.7. The largest absolute Gasteiger partial charge is 0.423 e. The van der Waals surface area contributed by atoms with Gasteiger partial charge in [0, 0.05) is 30.1 Å². The molecule has 8 nitrogen and oxygen atoms in total. The molecule has 2 heterocycles. The van der Waals surface area contributed by atoms with Crippen molar-refractivity contribution < 1.29 is 18.8 Å². The summed E-state index contributed by atoms with van der Waals surface area (Å²) < 4.78 is 5.27. The smallest absolute Gasteiger partial charge is 0.336 e. The molecular formula is C23H19N3O5. The van der Waals surface area contributed by atoms with Crippen LogP contribution >= 0.6 is 0 Å². The predicted molar refractivity (Wildman–Crippen MR) is 112 cm³/mol. The minimum atomic E-state index is -1.05. The van der Waals surface area contributed by atoms with Gasteiger partial charge >= 0.3 is 11.7 Å². The first-order valence-corrected chi connectivity index (χ1v) is 9.94. The molecular weight excluding hydrogens is 398 g/mol. The second-order valence-corrected chi connectivity index (χ2v) is 7.87. The van der Waals surface area contributed by atoms with E-state index in [0.717, 1.165) is 16.0 Å². The molecule has 156 valence electrons. The molecule has 1 fully saturated rings. The zero-order chi connectivity index (χ0) is 21.8. The maximum atomic E-state index is 13.4. The minimum absolute atomic E-state index is 0.0594. The topological polar surface area (TPSA) is 109 Å². The van der Waals surface area contributed by atoms with Gasteiger partial charge in [-0.15, -0.1) is 0 Å². The quantitative estimate of drug-likeness (QED) is 0.503. The Kier molecular flexibility index (Phi) is 4.18. The van der Waals surface area contributed by atoms with Crippen LogP contribution in [0, 0.1) is 0 Å². The number of hydrogen-bond donors (Lipinski definition) is 2. The number of aryl methyl sites for hydroxylation is 1. The van der Waals surface area contributed by atoms with Crippen LogP contribution < -0.4 is 16.3 Å². The molecule has 0 bridgehead atoms. The van der Waals surface area contributed by atoms with Crippen molar-refractivity contribution in [1.29, 1.82) is 0 Å². The number of hydrogen-bond acceptors (Lipinski definition) is 5. The first-order chi connectivity index (χ1) is 14.9. The molecule has 1 spiro atoms.